The first-order valence-electron chi connectivity index (χ1n) is 5.94. The van der Waals surface area contributed by atoms with Crippen molar-refractivity contribution in [3.05, 3.63) is 48.0 Å². The van der Waals surface area contributed by atoms with Crippen LogP contribution in [0.2, 0.25) is 0 Å². The molecule has 3 rings (SSSR count). The second-order valence-corrected chi connectivity index (χ2v) is 5.94. The highest BCUT2D eigenvalue weighted by atomic mass is 31.1. The van der Waals surface area contributed by atoms with Gasteiger partial charge >= 0.3 is 0 Å². The lowest BCUT2D eigenvalue weighted by Gasteiger charge is -2.10. The Kier molecular flexibility index (Phi) is 3.18. The van der Waals surface area contributed by atoms with Gasteiger partial charge in [-0.25, -0.2) is 0 Å². The molecule has 1 unspecified atom stereocenters. The van der Waals surface area contributed by atoms with Crippen molar-refractivity contribution in [2.45, 2.75) is 6.61 Å². The summed E-state index contributed by atoms with van der Waals surface area (Å²) in [6.07, 6.45) is 0.186. The molecule has 1 aliphatic heterocycles. The summed E-state index contributed by atoms with van der Waals surface area (Å²) in [5.74, 6) is 0.964. The number of hydrogen-bond donors (Lipinski definition) is 1. The fraction of sp³-hybridized carbons (Fsp3) is 0.143. The monoisotopic (exact) mass is 276 g/mol. The maximum absolute atomic E-state index is 11.9. The number of rotatable bonds is 3. The maximum Gasteiger partial charge on any atom is 0.147 e. The smallest absolute Gasteiger partial charge is 0.147 e. The van der Waals surface area contributed by atoms with Crippen LogP contribution >= 0.6 is 7.80 Å². The first-order chi connectivity index (χ1) is 9.24. The van der Waals surface area contributed by atoms with E-state index in [2.05, 4.69) is 0 Å². The molecule has 0 amide bonds. The number of ether oxygens (including phenoxy) is 2. The lowest BCUT2D eigenvalue weighted by molar-refractivity contribution is 0.305. The van der Waals surface area contributed by atoms with Crippen LogP contribution in [0.15, 0.2) is 42.5 Å². The molecule has 1 aliphatic rings. The summed E-state index contributed by atoms with van der Waals surface area (Å²) in [5, 5.41) is 10.2. The summed E-state index contributed by atoms with van der Waals surface area (Å²) in [6.45, 7) is 0.367. The molecular weight excluding hydrogens is 263 g/mol. The van der Waals surface area contributed by atoms with Crippen LogP contribution in [-0.2, 0) is 11.2 Å². The van der Waals surface area contributed by atoms with E-state index >= 15 is 0 Å². The van der Waals surface area contributed by atoms with Gasteiger partial charge in [0.1, 0.15) is 38.0 Å². The Morgan fingerprint density at radius 3 is 2.84 bits per heavy atom. The minimum atomic E-state index is -1.97. The Hall–Kier alpha value is -1.93. The molecule has 1 atom stereocenters. The topological polar surface area (TPSA) is 55.8 Å². The molecule has 0 fully saturated rings. The van der Waals surface area contributed by atoms with Crippen LogP contribution in [0.4, 0.5) is 0 Å². The summed E-state index contributed by atoms with van der Waals surface area (Å²) in [5.41, 5.74) is 1.01. The molecule has 2 aromatic rings. The highest BCUT2D eigenvalue weighted by Crippen LogP contribution is 2.40. The predicted molar refractivity (Wildman–Crippen MR) is 73.0 cm³/mol. The number of phenolic OH excluding ortho intramolecular Hbond substituents is 1. The maximum atomic E-state index is 11.9. The first kappa shape index (κ1) is 12.1. The largest absolute Gasteiger partial charge is 0.508 e. The highest BCUT2D eigenvalue weighted by Gasteiger charge is 2.25. The zero-order valence-electron chi connectivity index (χ0n) is 10.1. The Bertz CT molecular complexity index is 625. The summed E-state index contributed by atoms with van der Waals surface area (Å²) >= 11 is 0. The quantitative estimate of drug-likeness (QED) is 0.875. The van der Waals surface area contributed by atoms with Crippen LogP contribution in [0.25, 0.3) is 0 Å². The van der Waals surface area contributed by atoms with Gasteiger partial charge in [0.05, 0.1) is 5.30 Å². The normalized spacial score (nSPS) is 16.7. The van der Waals surface area contributed by atoms with Crippen LogP contribution in [0.1, 0.15) is 5.56 Å². The first-order valence-corrected chi connectivity index (χ1v) is 7.55. The van der Waals surface area contributed by atoms with Crippen LogP contribution in [-0.4, -0.2) is 11.5 Å². The Morgan fingerprint density at radius 1 is 1.26 bits per heavy atom. The molecule has 0 radical (unpaired) electrons. The Morgan fingerprint density at radius 2 is 2.05 bits per heavy atom. The molecule has 0 bridgehead atoms. The van der Waals surface area contributed by atoms with Crippen molar-refractivity contribution in [3.8, 4) is 17.2 Å². The van der Waals surface area contributed by atoms with Gasteiger partial charge in [0, 0.05) is 12.1 Å². The summed E-state index contributed by atoms with van der Waals surface area (Å²) < 4.78 is 22.9. The van der Waals surface area contributed by atoms with Crippen LogP contribution in [0, 0.1) is 0 Å². The lowest BCUT2D eigenvalue weighted by atomic mass is 10.2. The highest BCUT2D eigenvalue weighted by molar-refractivity contribution is 7.54. The van der Waals surface area contributed by atoms with Gasteiger partial charge in [-0.15, -0.1) is 0 Å². The zero-order valence-corrected chi connectivity index (χ0v) is 11.1. The van der Waals surface area contributed by atoms with E-state index in [9.17, 15) is 9.67 Å². The van der Waals surface area contributed by atoms with Gasteiger partial charge in [-0.05, 0) is 5.56 Å². The Labute approximate surface area is 111 Å². The van der Waals surface area contributed by atoms with Gasteiger partial charge in [0.2, 0.25) is 0 Å². The minimum Gasteiger partial charge on any atom is -0.508 e. The molecule has 1 N–H and O–H groups in total. The van der Waals surface area contributed by atoms with E-state index in [4.69, 9.17) is 9.47 Å². The summed E-state index contributed by atoms with van der Waals surface area (Å²) in [4.78, 5) is 0. The van der Waals surface area contributed by atoms with Crippen molar-refractivity contribution in [2.24, 2.45) is 0 Å². The molecule has 98 valence electrons. The standard InChI is InChI=1S/C14H13O4P/c15-11-6-12(14-13(7-11)18-9-19(14)16)17-8-10-4-2-1-3-5-10/h1-7,15,19H,8-9H2. The molecule has 0 saturated carbocycles. The fourth-order valence-corrected chi connectivity index (χ4v) is 3.30. The molecule has 0 aliphatic carbocycles. The van der Waals surface area contributed by atoms with Crippen molar-refractivity contribution >= 4 is 13.1 Å². The number of hydrogen-bond acceptors (Lipinski definition) is 4. The van der Waals surface area contributed by atoms with E-state index in [1.165, 1.54) is 12.1 Å². The van der Waals surface area contributed by atoms with E-state index in [0.717, 1.165) is 5.56 Å². The number of fused-ring (bicyclic) bond motifs is 1. The Balaban J connectivity index is 1.87. The third kappa shape index (κ3) is 2.45. The van der Waals surface area contributed by atoms with E-state index < -0.39 is 7.80 Å². The second-order valence-electron chi connectivity index (χ2n) is 4.30. The van der Waals surface area contributed by atoms with E-state index in [1.54, 1.807) is 0 Å². The van der Waals surface area contributed by atoms with Crippen molar-refractivity contribution in [3.63, 3.8) is 0 Å². The molecule has 0 aromatic heterocycles. The van der Waals surface area contributed by atoms with Crippen LogP contribution in [0.5, 0.6) is 17.2 Å². The molecule has 0 spiro atoms. The van der Waals surface area contributed by atoms with Gasteiger partial charge in [-0.2, -0.15) is 0 Å². The average molecular weight is 276 g/mol. The molecular formula is C14H13O4P. The summed E-state index contributed by atoms with van der Waals surface area (Å²) in [6, 6.07) is 12.6. The molecule has 19 heavy (non-hydrogen) atoms. The zero-order chi connectivity index (χ0) is 13.2. The van der Waals surface area contributed by atoms with Crippen LogP contribution < -0.4 is 14.8 Å². The third-order valence-corrected chi connectivity index (χ3v) is 4.38. The molecule has 4 nitrogen and oxygen atoms in total. The van der Waals surface area contributed by atoms with Crippen LogP contribution in [0.3, 0.4) is 0 Å². The second kappa shape index (κ2) is 4.98. The van der Waals surface area contributed by atoms with Gasteiger partial charge in [0.25, 0.3) is 0 Å². The number of aromatic hydroxyl groups is 1. The van der Waals surface area contributed by atoms with E-state index in [0.29, 0.717) is 23.4 Å². The third-order valence-electron chi connectivity index (χ3n) is 2.93. The van der Waals surface area contributed by atoms with Gasteiger partial charge < -0.3 is 19.1 Å². The number of phenols is 1. The summed E-state index contributed by atoms with van der Waals surface area (Å²) in [7, 11) is -1.97. The van der Waals surface area contributed by atoms with Gasteiger partial charge in [-0.3, -0.25) is 0 Å². The molecule has 0 saturated heterocycles. The molecule has 1 heterocycles. The predicted octanol–water partition coefficient (Wildman–Crippen LogP) is 2.51. The lowest BCUT2D eigenvalue weighted by Crippen LogP contribution is -2.04. The average Bonchev–Trinajstić information content (AvgIpc) is 2.79. The van der Waals surface area contributed by atoms with Gasteiger partial charge in [0.15, 0.2) is 0 Å². The SMILES string of the molecule is O=[PH]1COc2cc(O)cc(OCc3ccccc3)c21. The van der Waals surface area contributed by atoms with E-state index in [-0.39, 0.29) is 12.1 Å². The van der Waals surface area contributed by atoms with E-state index in [1.807, 2.05) is 30.3 Å². The molecule has 5 heteroatoms. The van der Waals surface area contributed by atoms with Crippen molar-refractivity contribution < 1.29 is 19.1 Å². The van der Waals surface area contributed by atoms with Crippen molar-refractivity contribution in [1.82, 2.24) is 0 Å². The van der Waals surface area contributed by atoms with Crippen molar-refractivity contribution in [1.29, 1.82) is 0 Å². The minimum absolute atomic E-state index is 0.0542. The van der Waals surface area contributed by atoms with Gasteiger partial charge in [-0.1, -0.05) is 30.3 Å². The van der Waals surface area contributed by atoms with Crippen molar-refractivity contribution in [2.75, 3.05) is 6.35 Å². The fourth-order valence-electron chi connectivity index (χ4n) is 2.03. The number of benzene rings is 2. The molecule has 2 aromatic carbocycles.